The first-order chi connectivity index (χ1) is 11.7. The van der Waals surface area contributed by atoms with Crippen molar-refractivity contribution in [1.29, 1.82) is 0 Å². The van der Waals surface area contributed by atoms with Gasteiger partial charge < -0.3 is 15.1 Å². The molecule has 6 heteroatoms. The van der Waals surface area contributed by atoms with Crippen LogP contribution in [0.1, 0.15) is 25.7 Å². The fourth-order valence-corrected chi connectivity index (χ4v) is 4.18. The third kappa shape index (κ3) is 4.51. The quantitative estimate of drug-likeness (QED) is 0.801. The van der Waals surface area contributed by atoms with Crippen LogP contribution in [-0.2, 0) is 9.59 Å². The number of benzene rings is 1. The molecule has 5 nitrogen and oxygen atoms in total. The maximum absolute atomic E-state index is 12.2. The van der Waals surface area contributed by atoms with Crippen molar-refractivity contribution in [3.05, 3.63) is 24.3 Å². The van der Waals surface area contributed by atoms with Gasteiger partial charge in [0.15, 0.2) is 0 Å². The number of hydrogen-bond acceptors (Lipinski definition) is 4. The normalized spacial score (nSPS) is 18.3. The van der Waals surface area contributed by atoms with Crippen LogP contribution >= 0.6 is 11.8 Å². The highest BCUT2D eigenvalue weighted by Crippen LogP contribution is 2.34. The van der Waals surface area contributed by atoms with Gasteiger partial charge in [0.2, 0.25) is 11.8 Å². The number of nitrogens with zero attached hydrogens (tertiary/aromatic N) is 2. The average Bonchev–Trinajstić information content (AvgIpc) is 2.62. The van der Waals surface area contributed by atoms with Crippen LogP contribution in [0.3, 0.4) is 0 Å². The standard InChI is InChI=1S/C18H25N3O2S/c22-17(19-9-6-12-20-10-4-1-5-11-20)13-21-15-7-2-3-8-16(15)24-14-18(21)23/h2-3,7-8H,1,4-6,9-14H2,(H,19,22). The maximum atomic E-state index is 12.2. The molecule has 1 fully saturated rings. The molecule has 0 spiro atoms. The van der Waals surface area contributed by atoms with E-state index in [1.807, 2.05) is 24.3 Å². The zero-order chi connectivity index (χ0) is 16.8. The largest absolute Gasteiger partial charge is 0.355 e. The minimum atomic E-state index is -0.0799. The molecule has 0 bridgehead atoms. The summed E-state index contributed by atoms with van der Waals surface area (Å²) in [6.45, 7) is 4.20. The second-order valence-electron chi connectivity index (χ2n) is 6.34. The first-order valence-electron chi connectivity index (χ1n) is 8.75. The summed E-state index contributed by atoms with van der Waals surface area (Å²) >= 11 is 1.54. The molecule has 24 heavy (non-hydrogen) atoms. The molecular formula is C18H25N3O2S. The summed E-state index contributed by atoms with van der Waals surface area (Å²) in [5, 5.41) is 2.95. The van der Waals surface area contributed by atoms with E-state index in [0.717, 1.165) is 23.5 Å². The lowest BCUT2D eigenvalue weighted by Crippen LogP contribution is -2.43. The number of fused-ring (bicyclic) bond motifs is 1. The Kier molecular flexibility index (Phi) is 6.15. The molecule has 0 aromatic heterocycles. The molecule has 1 saturated heterocycles. The molecule has 2 heterocycles. The lowest BCUT2D eigenvalue weighted by molar-refractivity contribution is -0.123. The van der Waals surface area contributed by atoms with Gasteiger partial charge in [-0.05, 0) is 51.0 Å². The van der Waals surface area contributed by atoms with E-state index in [0.29, 0.717) is 12.3 Å². The zero-order valence-corrected chi connectivity index (χ0v) is 14.8. The molecule has 1 N–H and O–H groups in total. The van der Waals surface area contributed by atoms with E-state index in [2.05, 4.69) is 10.2 Å². The molecule has 0 aliphatic carbocycles. The predicted octanol–water partition coefficient (Wildman–Crippen LogP) is 2.12. The van der Waals surface area contributed by atoms with Crippen LogP contribution in [0.15, 0.2) is 29.2 Å². The number of likely N-dealkylation sites (tertiary alicyclic amines) is 1. The Labute approximate surface area is 147 Å². The number of piperidine rings is 1. The van der Waals surface area contributed by atoms with Crippen LogP contribution in [0, 0.1) is 0 Å². The molecule has 2 aliphatic heterocycles. The SMILES string of the molecule is O=C(CN1C(=O)CSc2ccccc21)NCCCN1CCCCC1. The fourth-order valence-electron chi connectivity index (χ4n) is 3.24. The Morgan fingerprint density at radius 3 is 2.79 bits per heavy atom. The Hall–Kier alpha value is -1.53. The van der Waals surface area contributed by atoms with Gasteiger partial charge in [0, 0.05) is 11.4 Å². The van der Waals surface area contributed by atoms with Crippen molar-refractivity contribution in [2.45, 2.75) is 30.6 Å². The monoisotopic (exact) mass is 347 g/mol. The van der Waals surface area contributed by atoms with Gasteiger partial charge in [-0.25, -0.2) is 0 Å². The van der Waals surface area contributed by atoms with E-state index in [1.54, 1.807) is 4.90 Å². The van der Waals surface area contributed by atoms with Crippen molar-refractivity contribution >= 4 is 29.3 Å². The van der Waals surface area contributed by atoms with E-state index in [1.165, 1.54) is 44.1 Å². The second-order valence-corrected chi connectivity index (χ2v) is 7.36. The number of para-hydroxylation sites is 1. The minimum absolute atomic E-state index is 0.00201. The van der Waals surface area contributed by atoms with Crippen LogP contribution in [0.2, 0.25) is 0 Å². The fraction of sp³-hybridized carbons (Fsp3) is 0.556. The van der Waals surface area contributed by atoms with Crippen molar-refractivity contribution < 1.29 is 9.59 Å². The lowest BCUT2D eigenvalue weighted by Gasteiger charge is -2.28. The summed E-state index contributed by atoms with van der Waals surface area (Å²) in [6.07, 6.45) is 4.89. The zero-order valence-electron chi connectivity index (χ0n) is 14.0. The van der Waals surface area contributed by atoms with Crippen LogP contribution < -0.4 is 10.2 Å². The highest BCUT2D eigenvalue weighted by atomic mass is 32.2. The maximum Gasteiger partial charge on any atom is 0.240 e. The average molecular weight is 347 g/mol. The van der Waals surface area contributed by atoms with Crippen molar-refractivity contribution in [2.75, 3.05) is 43.4 Å². The summed E-state index contributed by atoms with van der Waals surface area (Å²) in [7, 11) is 0. The number of carbonyl (C=O) groups excluding carboxylic acids is 2. The Bertz CT molecular complexity index is 587. The van der Waals surface area contributed by atoms with Crippen LogP contribution in [0.5, 0.6) is 0 Å². The molecule has 3 rings (SSSR count). The minimum Gasteiger partial charge on any atom is -0.355 e. The van der Waals surface area contributed by atoms with Gasteiger partial charge in [-0.2, -0.15) is 0 Å². The van der Waals surface area contributed by atoms with Gasteiger partial charge in [-0.1, -0.05) is 18.6 Å². The van der Waals surface area contributed by atoms with Crippen molar-refractivity contribution in [3.63, 3.8) is 0 Å². The van der Waals surface area contributed by atoms with Crippen molar-refractivity contribution in [2.24, 2.45) is 0 Å². The number of rotatable bonds is 6. The summed E-state index contributed by atoms with van der Waals surface area (Å²) in [6, 6.07) is 7.76. The Balaban J connectivity index is 1.44. The van der Waals surface area contributed by atoms with Gasteiger partial charge >= 0.3 is 0 Å². The summed E-state index contributed by atoms with van der Waals surface area (Å²) < 4.78 is 0. The van der Waals surface area contributed by atoms with Crippen molar-refractivity contribution in [3.8, 4) is 0 Å². The molecule has 1 aromatic carbocycles. The van der Waals surface area contributed by atoms with E-state index < -0.39 is 0 Å². The predicted molar refractivity (Wildman–Crippen MR) is 97.4 cm³/mol. The van der Waals surface area contributed by atoms with Gasteiger partial charge in [0.1, 0.15) is 6.54 Å². The molecule has 1 aromatic rings. The number of carbonyl (C=O) groups is 2. The third-order valence-electron chi connectivity index (χ3n) is 4.53. The molecule has 0 unspecified atom stereocenters. The number of thioether (sulfide) groups is 1. The molecule has 0 saturated carbocycles. The summed E-state index contributed by atoms with van der Waals surface area (Å²) in [5.41, 5.74) is 0.849. The highest BCUT2D eigenvalue weighted by molar-refractivity contribution is 8.00. The van der Waals surface area contributed by atoms with Crippen LogP contribution in [-0.4, -0.2) is 55.2 Å². The summed E-state index contributed by atoms with van der Waals surface area (Å²) in [4.78, 5) is 29.5. The van der Waals surface area contributed by atoms with Crippen LogP contribution in [0.25, 0.3) is 0 Å². The third-order valence-corrected chi connectivity index (χ3v) is 5.58. The second kappa shape index (κ2) is 8.53. The first-order valence-corrected chi connectivity index (χ1v) is 9.74. The van der Waals surface area contributed by atoms with Gasteiger partial charge in [0.05, 0.1) is 11.4 Å². The van der Waals surface area contributed by atoms with Gasteiger partial charge in [-0.15, -0.1) is 11.8 Å². The molecule has 0 atom stereocenters. The van der Waals surface area contributed by atoms with Gasteiger partial charge in [-0.3, -0.25) is 9.59 Å². The Morgan fingerprint density at radius 2 is 1.96 bits per heavy atom. The topological polar surface area (TPSA) is 52.7 Å². The number of amides is 2. The number of nitrogens with one attached hydrogen (secondary N) is 1. The first kappa shape index (κ1) is 17.3. The smallest absolute Gasteiger partial charge is 0.240 e. The summed E-state index contributed by atoms with van der Waals surface area (Å²) in [5.74, 6) is 0.324. The molecular weight excluding hydrogens is 322 g/mol. The molecule has 2 amide bonds. The van der Waals surface area contributed by atoms with E-state index >= 15 is 0 Å². The van der Waals surface area contributed by atoms with E-state index in [-0.39, 0.29) is 18.4 Å². The van der Waals surface area contributed by atoms with Crippen molar-refractivity contribution in [1.82, 2.24) is 10.2 Å². The van der Waals surface area contributed by atoms with Crippen LogP contribution in [0.4, 0.5) is 5.69 Å². The highest BCUT2D eigenvalue weighted by Gasteiger charge is 2.25. The number of anilines is 1. The lowest BCUT2D eigenvalue weighted by atomic mass is 10.1. The van der Waals surface area contributed by atoms with Gasteiger partial charge in [0.25, 0.3) is 0 Å². The van der Waals surface area contributed by atoms with E-state index in [4.69, 9.17) is 0 Å². The molecule has 0 radical (unpaired) electrons. The number of hydrogen-bond donors (Lipinski definition) is 1. The Morgan fingerprint density at radius 1 is 1.17 bits per heavy atom. The molecule has 130 valence electrons. The van der Waals surface area contributed by atoms with E-state index in [9.17, 15) is 9.59 Å². The molecule has 2 aliphatic rings.